The first kappa shape index (κ1) is 25.7. The fraction of sp³-hybridized carbons (Fsp3) is 0.947. The maximum atomic E-state index is 10.9. The molecule has 23 heavy (non-hydrogen) atoms. The summed E-state index contributed by atoms with van der Waals surface area (Å²) in [5, 5.41) is 10.7. The largest absolute Gasteiger partial charge is 1.00 e. The minimum absolute atomic E-state index is 0. The Hall–Kier alpha value is 0.430. The molecule has 3 nitrogen and oxygen atoms in total. The molecular weight excluding hydrogens is 299 g/mol. The van der Waals surface area contributed by atoms with Crippen molar-refractivity contribution in [1.29, 1.82) is 0 Å². The number of hydrogen-bond acceptors (Lipinski definition) is 3. The van der Waals surface area contributed by atoms with Crippen LogP contribution in [0.5, 0.6) is 0 Å². The normalized spacial score (nSPS) is 11.8. The van der Waals surface area contributed by atoms with Crippen LogP contribution in [0.15, 0.2) is 0 Å². The number of ether oxygens (including phenoxy) is 1. The van der Waals surface area contributed by atoms with Gasteiger partial charge in [0.1, 0.15) is 0 Å². The second-order valence-corrected chi connectivity index (χ2v) is 6.41. The number of carbonyl (C=O) groups is 1. The van der Waals surface area contributed by atoms with Crippen LogP contribution in [0.25, 0.3) is 0 Å². The molecule has 0 aliphatic carbocycles. The number of unbranched alkanes of at least 4 members (excludes halogenated alkanes) is 13. The van der Waals surface area contributed by atoms with Crippen molar-refractivity contribution >= 4 is 5.97 Å². The third-order valence-corrected chi connectivity index (χ3v) is 4.07. The van der Waals surface area contributed by atoms with E-state index in [1.54, 1.807) is 0 Å². The molecule has 0 amide bonds. The molecule has 0 N–H and O–H groups in total. The second-order valence-electron chi connectivity index (χ2n) is 6.41. The van der Waals surface area contributed by atoms with Gasteiger partial charge in [-0.15, -0.1) is 0 Å². The summed E-state index contributed by atoms with van der Waals surface area (Å²) in [6.07, 6.45) is 17.1. The molecule has 0 spiro atoms. The third kappa shape index (κ3) is 20.4. The van der Waals surface area contributed by atoms with E-state index in [9.17, 15) is 9.90 Å². The number of hydrogen-bond donors (Lipinski definition) is 0. The molecule has 132 valence electrons. The van der Waals surface area contributed by atoms with Crippen molar-refractivity contribution in [2.24, 2.45) is 0 Å². The number of carbonyl (C=O) groups excluding carboxylic acids is 1. The van der Waals surface area contributed by atoms with Crippen LogP contribution in [0.4, 0.5) is 0 Å². The molecule has 0 aromatic carbocycles. The third-order valence-electron chi connectivity index (χ3n) is 4.07. The van der Waals surface area contributed by atoms with Crippen molar-refractivity contribution in [2.45, 2.75) is 110 Å². The van der Waals surface area contributed by atoms with E-state index in [2.05, 4.69) is 6.92 Å². The van der Waals surface area contributed by atoms with Crippen molar-refractivity contribution in [3.8, 4) is 0 Å². The van der Waals surface area contributed by atoms with Gasteiger partial charge in [0, 0.05) is 0 Å². The Bertz CT molecular complexity index is 245. The number of esters is 1. The molecule has 4 heteroatoms. The van der Waals surface area contributed by atoms with Crippen LogP contribution >= 0.6 is 0 Å². The quantitative estimate of drug-likeness (QED) is 0.245. The summed E-state index contributed by atoms with van der Waals surface area (Å²) in [4.78, 5) is 10.9. The van der Waals surface area contributed by atoms with Crippen LogP contribution in [0, 0.1) is 0 Å². The van der Waals surface area contributed by atoms with Crippen molar-refractivity contribution in [2.75, 3.05) is 6.61 Å². The van der Waals surface area contributed by atoms with Gasteiger partial charge in [-0.2, -0.15) is 0 Å². The van der Waals surface area contributed by atoms with Gasteiger partial charge in [0.15, 0.2) is 0 Å². The number of rotatable bonds is 16. The Morgan fingerprint density at radius 1 is 0.783 bits per heavy atom. The molecule has 0 aromatic heterocycles. The van der Waals surface area contributed by atoms with Gasteiger partial charge in [0.25, 0.3) is 5.97 Å². The zero-order valence-corrected chi connectivity index (χ0v) is 17.9. The molecule has 1 atom stereocenters. The molecule has 1 unspecified atom stereocenters. The second kappa shape index (κ2) is 20.5. The molecule has 0 heterocycles. The minimum Gasteiger partial charge on any atom is -0.844 e. The van der Waals surface area contributed by atoms with Crippen LogP contribution < -0.4 is 34.7 Å². The van der Waals surface area contributed by atoms with Gasteiger partial charge in [-0.05, 0) is 12.5 Å². The summed E-state index contributed by atoms with van der Waals surface area (Å²) >= 11 is 0. The maximum absolute atomic E-state index is 10.9. The molecule has 0 aromatic rings. The van der Waals surface area contributed by atoms with Crippen molar-refractivity contribution in [3.05, 3.63) is 0 Å². The minimum atomic E-state index is -1.24. The summed E-state index contributed by atoms with van der Waals surface area (Å²) in [6.45, 7) is 4.00. The average molecular weight is 336 g/mol. The molecule has 0 saturated carbocycles. The molecule has 0 bridgehead atoms. The van der Waals surface area contributed by atoms with Gasteiger partial charge < -0.3 is 9.84 Å². The van der Waals surface area contributed by atoms with E-state index in [0.29, 0.717) is 6.61 Å². The predicted octanol–water partition coefficient (Wildman–Crippen LogP) is 1.76. The molecule has 0 rings (SSSR count). The first-order valence-electron chi connectivity index (χ1n) is 9.51. The standard InChI is InChI=1S/C19H37O3.Na/c1-3-4-5-6-7-8-9-10-11-12-13-14-15-16-17-22-19(21)18(2)20;/h18H,3-17H2,1-2H3;/q-1;+1. The van der Waals surface area contributed by atoms with E-state index in [0.717, 1.165) is 12.8 Å². The van der Waals surface area contributed by atoms with Crippen molar-refractivity contribution in [3.63, 3.8) is 0 Å². The van der Waals surface area contributed by atoms with Crippen LogP contribution in [-0.2, 0) is 9.53 Å². The molecule has 0 aliphatic rings. The zero-order chi connectivity index (χ0) is 16.5. The Morgan fingerprint density at radius 3 is 1.48 bits per heavy atom. The van der Waals surface area contributed by atoms with Gasteiger partial charge in [-0.25, -0.2) is 0 Å². The van der Waals surface area contributed by atoms with Gasteiger partial charge in [-0.1, -0.05) is 97.3 Å². The van der Waals surface area contributed by atoms with Crippen LogP contribution in [0.1, 0.15) is 104 Å². The van der Waals surface area contributed by atoms with E-state index in [1.165, 1.54) is 84.0 Å². The Balaban J connectivity index is 0. The van der Waals surface area contributed by atoms with E-state index < -0.39 is 12.1 Å². The van der Waals surface area contributed by atoms with E-state index in [1.807, 2.05) is 0 Å². The van der Waals surface area contributed by atoms with Crippen LogP contribution in [0.2, 0.25) is 0 Å². The fourth-order valence-electron chi connectivity index (χ4n) is 2.59. The van der Waals surface area contributed by atoms with Gasteiger partial charge >= 0.3 is 29.6 Å². The summed E-state index contributed by atoms with van der Waals surface area (Å²) in [5.41, 5.74) is 0. The van der Waals surface area contributed by atoms with Gasteiger partial charge in [0.05, 0.1) is 6.61 Å². The topological polar surface area (TPSA) is 49.4 Å². The van der Waals surface area contributed by atoms with E-state index in [4.69, 9.17) is 4.74 Å². The van der Waals surface area contributed by atoms with Crippen molar-refractivity contribution in [1.82, 2.24) is 0 Å². The van der Waals surface area contributed by atoms with Crippen LogP contribution in [0.3, 0.4) is 0 Å². The smallest absolute Gasteiger partial charge is 0.844 e. The Morgan fingerprint density at radius 2 is 1.13 bits per heavy atom. The summed E-state index contributed by atoms with van der Waals surface area (Å²) in [5.74, 6) is -0.616. The molecule has 0 aliphatic heterocycles. The van der Waals surface area contributed by atoms with Crippen LogP contribution in [-0.4, -0.2) is 18.7 Å². The van der Waals surface area contributed by atoms with E-state index in [-0.39, 0.29) is 29.6 Å². The predicted molar refractivity (Wildman–Crippen MR) is 90.7 cm³/mol. The first-order chi connectivity index (χ1) is 10.7. The van der Waals surface area contributed by atoms with Crippen molar-refractivity contribution < 1.29 is 44.2 Å². The van der Waals surface area contributed by atoms with Gasteiger partial charge in [0.2, 0.25) is 0 Å². The first-order valence-corrected chi connectivity index (χ1v) is 9.51. The Labute approximate surface area is 166 Å². The summed E-state index contributed by atoms with van der Waals surface area (Å²) in [7, 11) is 0. The zero-order valence-electron chi connectivity index (χ0n) is 15.9. The molecule has 0 fully saturated rings. The summed E-state index contributed by atoms with van der Waals surface area (Å²) in [6, 6.07) is 0. The summed E-state index contributed by atoms with van der Waals surface area (Å²) < 4.78 is 4.86. The molecule has 0 saturated heterocycles. The average Bonchev–Trinajstić information content (AvgIpc) is 2.50. The molecular formula is C19H37NaO3. The Kier molecular flexibility index (Phi) is 22.8. The maximum Gasteiger partial charge on any atom is 1.00 e. The fourth-order valence-corrected chi connectivity index (χ4v) is 2.59. The monoisotopic (exact) mass is 336 g/mol. The SMILES string of the molecule is CCCCCCCCCCCCCCCCOC(=O)C(C)[O-].[Na+]. The molecule has 0 radical (unpaired) electrons. The van der Waals surface area contributed by atoms with Gasteiger partial charge in [-0.3, -0.25) is 4.79 Å². The van der Waals surface area contributed by atoms with E-state index >= 15 is 0 Å².